The van der Waals surface area contributed by atoms with Crippen molar-refractivity contribution in [1.29, 1.82) is 0 Å². The second-order valence-electron chi connectivity index (χ2n) is 9.07. The van der Waals surface area contributed by atoms with Crippen LogP contribution in [-0.4, -0.2) is 30.7 Å². The summed E-state index contributed by atoms with van der Waals surface area (Å²) in [5.41, 5.74) is 3.20. The minimum Gasteiger partial charge on any atom is -0.493 e. The number of benzene rings is 1. The van der Waals surface area contributed by atoms with E-state index >= 15 is 0 Å². The van der Waals surface area contributed by atoms with Gasteiger partial charge in [0.2, 0.25) is 5.91 Å². The molecule has 0 saturated heterocycles. The number of esters is 1. The van der Waals surface area contributed by atoms with Crippen molar-refractivity contribution < 1.29 is 19.1 Å². The third-order valence-corrected chi connectivity index (χ3v) is 7.34. The number of thiophene rings is 1. The van der Waals surface area contributed by atoms with Crippen LogP contribution in [0.5, 0.6) is 5.75 Å². The van der Waals surface area contributed by atoms with Gasteiger partial charge in [0, 0.05) is 10.3 Å². The van der Waals surface area contributed by atoms with E-state index in [1.807, 2.05) is 39.8 Å². The zero-order valence-corrected chi connectivity index (χ0v) is 21.6. The number of fused-ring (bicyclic) bond motifs is 1. The number of carbonyl (C=O) groups is 2. The number of rotatable bonds is 8. The smallest absolute Gasteiger partial charge is 0.341 e. The van der Waals surface area contributed by atoms with Crippen LogP contribution < -0.4 is 15.4 Å². The van der Waals surface area contributed by atoms with E-state index in [4.69, 9.17) is 21.7 Å². The number of aryl methyl sites for hydroxylation is 3. The molecular weight excluding hydrogens is 456 g/mol. The Kier molecular flexibility index (Phi) is 8.13. The molecule has 0 saturated carbocycles. The number of nitrogens with one attached hydrogen (secondary N) is 2. The molecule has 0 spiro atoms. The van der Waals surface area contributed by atoms with Gasteiger partial charge >= 0.3 is 5.97 Å². The zero-order chi connectivity index (χ0) is 24.2. The van der Waals surface area contributed by atoms with Gasteiger partial charge in [0.05, 0.1) is 19.3 Å². The Hall–Kier alpha value is -2.45. The highest BCUT2D eigenvalue weighted by Crippen LogP contribution is 2.39. The minimum absolute atomic E-state index is 0.171. The van der Waals surface area contributed by atoms with Crippen LogP contribution in [0.2, 0.25) is 0 Å². The zero-order valence-electron chi connectivity index (χ0n) is 19.9. The van der Waals surface area contributed by atoms with Crippen molar-refractivity contribution in [2.75, 3.05) is 19.0 Å². The normalized spacial score (nSPS) is 12.8. The van der Waals surface area contributed by atoms with Crippen LogP contribution in [0.1, 0.15) is 65.0 Å². The maximum absolute atomic E-state index is 12.9. The molecule has 8 heteroatoms. The molecule has 33 heavy (non-hydrogen) atoms. The van der Waals surface area contributed by atoms with Gasteiger partial charge in [-0.1, -0.05) is 26.0 Å². The number of anilines is 1. The average molecular weight is 489 g/mol. The first-order valence-corrected chi connectivity index (χ1v) is 12.4. The summed E-state index contributed by atoms with van der Waals surface area (Å²) in [4.78, 5) is 26.4. The summed E-state index contributed by atoms with van der Waals surface area (Å²) in [7, 11) is 1.37. The lowest BCUT2D eigenvalue weighted by Crippen LogP contribution is -2.42. The maximum Gasteiger partial charge on any atom is 0.341 e. The molecule has 1 heterocycles. The van der Waals surface area contributed by atoms with Crippen molar-refractivity contribution in [3.05, 3.63) is 45.3 Å². The van der Waals surface area contributed by atoms with Gasteiger partial charge in [-0.2, -0.15) is 0 Å². The molecule has 1 aliphatic carbocycles. The SMILES string of the molecule is COC(=O)c1c(NC(=S)NC(=O)C(C)(C)CCCOc2cc(C)ccc2C)sc2c1CCC2. The Morgan fingerprint density at radius 2 is 1.97 bits per heavy atom. The van der Waals surface area contributed by atoms with Crippen LogP contribution in [0.4, 0.5) is 5.00 Å². The van der Waals surface area contributed by atoms with Crippen LogP contribution in [0.15, 0.2) is 18.2 Å². The molecule has 0 radical (unpaired) electrons. The van der Waals surface area contributed by atoms with E-state index in [2.05, 4.69) is 16.7 Å². The maximum atomic E-state index is 12.9. The lowest BCUT2D eigenvalue weighted by atomic mass is 9.87. The summed E-state index contributed by atoms with van der Waals surface area (Å²) in [5, 5.41) is 6.66. The summed E-state index contributed by atoms with van der Waals surface area (Å²) in [5.74, 6) is 0.331. The van der Waals surface area contributed by atoms with Gasteiger partial charge in [-0.25, -0.2) is 4.79 Å². The van der Waals surface area contributed by atoms with Crippen LogP contribution in [0.25, 0.3) is 0 Å². The van der Waals surface area contributed by atoms with E-state index in [1.165, 1.54) is 23.3 Å². The molecule has 1 aromatic carbocycles. The standard InChI is InChI=1S/C25H32N2O4S2/c1-15-10-11-16(2)18(14-15)31-13-7-12-25(3,4)23(29)27-24(32)26-21-20(22(28)30-5)17-8-6-9-19(17)33-21/h10-11,14H,6-9,12-13H2,1-5H3,(H2,26,27,29,32). The van der Waals surface area contributed by atoms with Gasteiger partial charge in [0.15, 0.2) is 5.11 Å². The summed E-state index contributed by atoms with van der Waals surface area (Å²) in [6, 6.07) is 6.13. The fourth-order valence-corrected chi connectivity index (χ4v) is 5.43. The van der Waals surface area contributed by atoms with Gasteiger partial charge in [-0.15, -0.1) is 11.3 Å². The van der Waals surface area contributed by atoms with Crippen LogP contribution in [0.3, 0.4) is 0 Å². The third-order valence-electron chi connectivity index (χ3n) is 5.93. The van der Waals surface area contributed by atoms with Crippen molar-refractivity contribution >= 4 is 45.5 Å². The molecule has 1 aromatic heterocycles. The molecule has 0 fully saturated rings. The first kappa shape index (κ1) is 25.2. The van der Waals surface area contributed by atoms with Crippen molar-refractivity contribution in [3.63, 3.8) is 0 Å². The van der Waals surface area contributed by atoms with E-state index in [9.17, 15) is 9.59 Å². The molecule has 2 aromatic rings. The molecule has 2 N–H and O–H groups in total. The highest BCUT2D eigenvalue weighted by atomic mass is 32.1. The van der Waals surface area contributed by atoms with Crippen molar-refractivity contribution in [2.24, 2.45) is 5.41 Å². The van der Waals surface area contributed by atoms with Gasteiger partial charge in [-0.05, 0) is 80.9 Å². The fourth-order valence-electron chi connectivity index (χ4n) is 3.89. The second kappa shape index (κ2) is 10.7. The summed E-state index contributed by atoms with van der Waals surface area (Å²) in [6.45, 7) is 8.38. The Balaban J connectivity index is 1.53. The summed E-state index contributed by atoms with van der Waals surface area (Å²) in [6.07, 6.45) is 4.22. The van der Waals surface area contributed by atoms with Crippen LogP contribution >= 0.6 is 23.6 Å². The van der Waals surface area contributed by atoms with Crippen LogP contribution in [-0.2, 0) is 22.4 Å². The Morgan fingerprint density at radius 3 is 2.70 bits per heavy atom. The predicted molar refractivity (Wildman–Crippen MR) is 136 cm³/mol. The number of carbonyl (C=O) groups excluding carboxylic acids is 2. The van der Waals surface area contributed by atoms with E-state index in [0.29, 0.717) is 23.6 Å². The van der Waals surface area contributed by atoms with E-state index in [1.54, 1.807) is 0 Å². The molecule has 6 nitrogen and oxygen atoms in total. The molecule has 0 aliphatic heterocycles. The predicted octanol–water partition coefficient (Wildman–Crippen LogP) is 5.34. The monoisotopic (exact) mass is 488 g/mol. The van der Waals surface area contributed by atoms with E-state index in [-0.39, 0.29) is 17.0 Å². The molecule has 0 bridgehead atoms. The first-order valence-electron chi connectivity index (χ1n) is 11.2. The van der Waals surface area contributed by atoms with Gasteiger partial charge in [0.1, 0.15) is 10.8 Å². The number of amides is 1. The van der Waals surface area contributed by atoms with Gasteiger partial charge in [-0.3, -0.25) is 4.79 Å². The molecule has 0 atom stereocenters. The largest absolute Gasteiger partial charge is 0.493 e. The van der Waals surface area contributed by atoms with E-state index < -0.39 is 5.41 Å². The van der Waals surface area contributed by atoms with Crippen molar-refractivity contribution in [1.82, 2.24) is 5.32 Å². The molecule has 178 valence electrons. The Morgan fingerprint density at radius 1 is 1.21 bits per heavy atom. The van der Waals surface area contributed by atoms with Crippen LogP contribution in [0, 0.1) is 19.3 Å². The lowest BCUT2D eigenvalue weighted by molar-refractivity contribution is -0.128. The average Bonchev–Trinajstić information content (AvgIpc) is 3.33. The molecular formula is C25H32N2O4S2. The summed E-state index contributed by atoms with van der Waals surface area (Å²) < 4.78 is 10.9. The fraction of sp³-hybridized carbons (Fsp3) is 0.480. The van der Waals surface area contributed by atoms with Crippen molar-refractivity contribution in [3.8, 4) is 5.75 Å². The number of hydrogen-bond donors (Lipinski definition) is 2. The quantitative estimate of drug-likeness (QED) is 0.297. The molecule has 1 amide bonds. The first-order chi connectivity index (χ1) is 15.6. The third kappa shape index (κ3) is 6.12. The van der Waals surface area contributed by atoms with Gasteiger partial charge < -0.3 is 20.1 Å². The highest BCUT2D eigenvalue weighted by molar-refractivity contribution is 7.80. The number of ether oxygens (including phenoxy) is 2. The lowest BCUT2D eigenvalue weighted by Gasteiger charge is -2.24. The second-order valence-corrected chi connectivity index (χ2v) is 10.6. The number of hydrogen-bond acceptors (Lipinski definition) is 6. The summed E-state index contributed by atoms with van der Waals surface area (Å²) >= 11 is 6.89. The van der Waals surface area contributed by atoms with E-state index in [0.717, 1.165) is 48.1 Å². The molecule has 3 rings (SSSR count). The van der Waals surface area contributed by atoms with Gasteiger partial charge in [0.25, 0.3) is 0 Å². The molecule has 1 aliphatic rings. The highest BCUT2D eigenvalue weighted by Gasteiger charge is 2.30. The minimum atomic E-state index is -0.626. The number of methoxy groups -OCH3 is 1. The topological polar surface area (TPSA) is 76.7 Å². The Labute approximate surface area is 205 Å². The number of thiocarbonyl (C=S) groups is 1. The Bertz CT molecular complexity index is 1060. The van der Waals surface area contributed by atoms with Crippen molar-refractivity contribution in [2.45, 2.75) is 59.8 Å². The molecule has 0 unspecified atom stereocenters.